The molecule has 2 atom stereocenters. The topological polar surface area (TPSA) is 71.7 Å². The zero-order chi connectivity index (χ0) is 16.4. The molecule has 3 heterocycles. The number of pyridine rings is 1. The highest BCUT2D eigenvalue weighted by atomic mass is 16.5. The van der Waals surface area contributed by atoms with Crippen LogP contribution in [0.4, 0.5) is 5.82 Å². The molecule has 6 heteroatoms. The fraction of sp³-hybridized carbons (Fsp3) is 0.647. The number of ether oxygens (including phenoxy) is 1. The van der Waals surface area contributed by atoms with E-state index in [4.69, 9.17) is 10.5 Å². The minimum Gasteiger partial charge on any atom is -0.378 e. The van der Waals surface area contributed by atoms with E-state index in [2.05, 4.69) is 23.7 Å². The fourth-order valence-electron chi connectivity index (χ4n) is 3.40. The average Bonchev–Trinajstić information content (AvgIpc) is 2.97. The van der Waals surface area contributed by atoms with E-state index in [1.54, 1.807) is 6.20 Å². The number of hydrogen-bond acceptors (Lipinski definition) is 5. The lowest BCUT2D eigenvalue weighted by Crippen LogP contribution is -2.40. The maximum atomic E-state index is 12.4. The van der Waals surface area contributed by atoms with Crippen molar-refractivity contribution in [2.24, 2.45) is 17.6 Å². The summed E-state index contributed by atoms with van der Waals surface area (Å²) in [7, 11) is 0. The van der Waals surface area contributed by atoms with Crippen LogP contribution in [-0.4, -0.2) is 61.2 Å². The van der Waals surface area contributed by atoms with Gasteiger partial charge in [-0.25, -0.2) is 4.98 Å². The lowest BCUT2D eigenvalue weighted by Gasteiger charge is -2.27. The summed E-state index contributed by atoms with van der Waals surface area (Å²) in [5.74, 6) is 2.00. The van der Waals surface area contributed by atoms with Gasteiger partial charge < -0.3 is 20.3 Å². The van der Waals surface area contributed by atoms with Crippen molar-refractivity contribution in [3.8, 4) is 0 Å². The molecule has 6 nitrogen and oxygen atoms in total. The van der Waals surface area contributed by atoms with Gasteiger partial charge in [-0.3, -0.25) is 4.79 Å². The predicted molar refractivity (Wildman–Crippen MR) is 89.5 cm³/mol. The third-order valence-electron chi connectivity index (χ3n) is 4.89. The molecule has 2 aliphatic rings. The Morgan fingerprint density at radius 3 is 2.61 bits per heavy atom. The van der Waals surface area contributed by atoms with E-state index in [0.717, 1.165) is 18.9 Å². The molecule has 0 unspecified atom stereocenters. The number of hydrogen-bond donors (Lipinski definition) is 1. The van der Waals surface area contributed by atoms with Crippen LogP contribution in [0.15, 0.2) is 18.3 Å². The molecule has 0 saturated carbocycles. The number of aromatic nitrogens is 1. The summed E-state index contributed by atoms with van der Waals surface area (Å²) in [6.07, 6.45) is 1.68. The second-order valence-electron chi connectivity index (χ2n) is 6.79. The number of nitrogens with two attached hydrogens (primary N) is 1. The SMILES string of the molecule is CC(C)[C@H]1CN(c2ccc(C(=O)N3CCOCC3)cn2)C[C@@H]1N. The fourth-order valence-corrected chi connectivity index (χ4v) is 3.40. The maximum Gasteiger partial charge on any atom is 0.255 e. The Bertz CT molecular complexity index is 540. The molecule has 2 N–H and O–H groups in total. The molecule has 0 aromatic carbocycles. The monoisotopic (exact) mass is 318 g/mol. The van der Waals surface area contributed by atoms with Crippen molar-refractivity contribution in [3.63, 3.8) is 0 Å². The van der Waals surface area contributed by atoms with Crippen LogP contribution >= 0.6 is 0 Å². The molecule has 3 rings (SSSR count). The van der Waals surface area contributed by atoms with Gasteiger partial charge in [0.15, 0.2) is 0 Å². The van der Waals surface area contributed by atoms with Crippen molar-refractivity contribution >= 4 is 11.7 Å². The van der Waals surface area contributed by atoms with E-state index in [1.165, 1.54) is 0 Å². The summed E-state index contributed by atoms with van der Waals surface area (Å²) >= 11 is 0. The molecule has 1 aromatic rings. The van der Waals surface area contributed by atoms with E-state index in [-0.39, 0.29) is 11.9 Å². The second kappa shape index (κ2) is 6.84. The number of anilines is 1. The van der Waals surface area contributed by atoms with Crippen LogP contribution in [0, 0.1) is 11.8 Å². The summed E-state index contributed by atoms with van der Waals surface area (Å²) < 4.78 is 5.28. The molecular weight excluding hydrogens is 292 g/mol. The Balaban J connectivity index is 1.66. The molecule has 23 heavy (non-hydrogen) atoms. The molecule has 0 spiro atoms. The van der Waals surface area contributed by atoms with Crippen molar-refractivity contribution in [1.29, 1.82) is 0 Å². The number of morpholine rings is 1. The van der Waals surface area contributed by atoms with Gasteiger partial charge in [0.25, 0.3) is 5.91 Å². The second-order valence-corrected chi connectivity index (χ2v) is 6.79. The molecule has 2 aliphatic heterocycles. The number of amides is 1. The van der Waals surface area contributed by atoms with Crippen molar-refractivity contribution < 1.29 is 9.53 Å². The summed E-state index contributed by atoms with van der Waals surface area (Å²) in [5.41, 5.74) is 6.88. The van der Waals surface area contributed by atoms with Gasteiger partial charge in [-0.15, -0.1) is 0 Å². The minimum atomic E-state index is 0.0329. The summed E-state index contributed by atoms with van der Waals surface area (Å²) in [6.45, 7) is 8.71. The highest BCUT2D eigenvalue weighted by molar-refractivity contribution is 5.94. The normalized spacial score (nSPS) is 25.2. The lowest BCUT2D eigenvalue weighted by molar-refractivity contribution is 0.0302. The first-order valence-electron chi connectivity index (χ1n) is 8.40. The first-order chi connectivity index (χ1) is 11.1. The van der Waals surface area contributed by atoms with Gasteiger partial charge in [-0.2, -0.15) is 0 Å². The van der Waals surface area contributed by atoms with Gasteiger partial charge in [0.05, 0.1) is 18.8 Å². The summed E-state index contributed by atoms with van der Waals surface area (Å²) in [6, 6.07) is 3.99. The van der Waals surface area contributed by atoms with E-state index in [0.29, 0.717) is 43.7 Å². The van der Waals surface area contributed by atoms with Gasteiger partial charge >= 0.3 is 0 Å². The molecule has 0 radical (unpaired) electrons. The summed E-state index contributed by atoms with van der Waals surface area (Å²) in [4.78, 5) is 21.0. The molecule has 0 aliphatic carbocycles. The Morgan fingerprint density at radius 1 is 1.30 bits per heavy atom. The molecule has 1 aromatic heterocycles. The third kappa shape index (κ3) is 3.48. The van der Waals surface area contributed by atoms with Gasteiger partial charge in [-0.05, 0) is 24.0 Å². The highest BCUT2D eigenvalue weighted by Gasteiger charge is 2.32. The largest absolute Gasteiger partial charge is 0.378 e. The van der Waals surface area contributed by atoms with Crippen molar-refractivity contribution in [2.45, 2.75) is 19.9 Å². The Kier molecular flexibility index (Phi) is 4.82. The van der Waals surface area contributed by atoms with Crippen molar-refractivity contribution in [1.82, 2.24) is 9.88 Å². The zero-order valence-corrected chi connectivity index (χ0v) is 13.9. The molecule has 1 amide bonds. The Morgan fingerprint density at radius 2 is 2.04 bits per heavy atom. The molecule has 0 bridgehead atoms. The maximum absolute atomic E-state index is 12.4. The van der Waals surface area contributed by atoms with Gasteiger partial charge in [0.1, 0.15) is 5.82 Å². The average molecular weight is 318 g/mol. The number of carbonyl (C=O) groups is 1. The van der Waals surface area contributed by atoms with Crippen molar-refractivity contribution in [2.75, 3.05) is 44.3 Å². The van der Waals surface area contributed by atoms with Crippen LogP contribution in [0.2, 0.25) is 0 Å². The van der Waals surface area contributed by atoms with Crippen LogP contribution in [0.25, 0.3) is 0 Å². The summed E-state index contributed by atoms with van der Waals surface area (Å²) in [5, 5.41) is 0. The molecular formula is C17H26N4O2. The van der Waals surface area contributed by atoms with Crippen molar-refractivity contribution in [3.05, 3.63) is 23.9 Å². The quantitative estimate of drug-likeness (QED) is 0.899. The minimum absolute atomic E-state index is 0.0329. The van der Waals surface area contributed by atoms with Gasteiger partial charge in [0.2, 0.25) is 0 Å². The number of rotatable bonds is 3. The number of carbonyl (C=O) groups excluding carboxylic acids is 1. The molecule has 2 fully saturated rings. The van der Waals surface area contributed by atoms with E-state index >= 15 is 0 Å². The van der Waals surface area contributed by atoms with Gasteiger partial charge in [-0.1, -0.05) is 13.8 Å². The Hall–Kier alpha value is -1.66. The highest BCUT2D eigenvalue weighted by Crippen LogP contribution is 2.26. The first kappa shape index (κ1) is 16.2. The predicted octanol–water partition coefficient (Wildman–Crippen LogP) is 0.974. The third-order valence-corrected chi connectivity index (χ3v) is 4.89. The van der Waals surface area contributed by atoms with Crippen LogP contribution in [0.3, 0.4) is 0 Å². The smallest absolute Gasteiger partial charge is 0.255 e. The number of nitrogens with zero attached hydrogens (tertiary/aromatic N) is 3. The first-order valence-corrected chi connectivity index (χ1v) is 8.40. The molecule has 126 valence electrons. The van der Waals surface area contributed by atoms with E-state index in [1.807, 2.05) is 17.0 Å². The Labute approximate surface area is 137 Å². The van der Waals surface area contributed by atoms with Crippen LogP contribution in [0.5, 0.6) is 0 Å². The van der Waals surface area contributed by atoms with Crippen LogP contribution < -0.4 is 10.6 Å². The molecule has 2 saturated heterocycles. The van der Waals surface area contributed by atoms with Gasteiger partial charge in [0, 0.05) is 38.4 Å². The van der Waals surface area contributed by atoms with E-state index in [9.17, 15) is 4.79 Å². The standard InChI is InChI=1S/C17H26N4O2/c1-12(2)14-10-21(11-15(14)18)16-4-3-13(9-19-16)17(22)20-5-7-23-8-6-20/h3-4,9,12,14-15H,5-8,10-11,18H2,1-2H3/t14-,15+/m1/s1. The lowest BCUT2D eigenvalue weighted by atomic mass is 9.92. The van der Waals surface area contributed by atoms with Crippen LogP contribution in [0.1, 0.15) is 24.2 Å². The zero-order valence-electron chi connectivity index (χ0n) is 13.9. The van der Waals surface area contributed by atoms with Crippen LogP contribution in [-0.2, 0) is 4.74 Å². The van der Waals surface area contributed by atoms with E-state index < -0.39 is 0 Å².